The number of fused-ring (bicyclic) bond motifs is 2. The van der Waals surface area contributed by atoms with E-state index in [-0.39, 0.29) is 17.9 Å². The molecule has 1 fully saturated rings. The highest BCUT2D eigenvalue weighted by atomic mass is 16.2. The number of nitrogens with zero attached hydrogens (tertiary/aromatic N) is 2. The summed E-state index contributed by atoms with van der Waals surface area (Å²) in [5.74, 6) is -0.192. The van der Waals surface area contributed by atoms with Crippen molar-refractivity contribution in [2.45, 2.75) is 31.2 Å². The van der Waals surface area contributed by atoms with Gasteiger partial charge in [0, 0.05) is 17.9 Å². The summed E-state index contributed by atoms with van der Waals surface area (Å²) in [6.07, 6.45) is 1.36. The molecule has 146 valence electrons. The van der Waals surface area contributed by atoms with Gasteiger partial charge in [0.05, 0.1) is 6.04 Å². The molecule has 5 rings (SSSR count). The normalized spacial score (nSPS) is 22.7. The number of anilines is 1. The van der Waals surface area contributed by atoms with Crippen LogP contribution >= 0.6 is 0 Å². The number of aryl methyl sites for hydroxylation is 1. The van der Waals surface area contributed by atoms with E-state index in [0.29, 0.717) is 18.7 Å². The molecule has 2 N–H and O–H groups in total. The summed E-state index contributed by atoms with van der Waals surface area (Å²) in [5.41, 5.74) is 3.27. The summed E-state index contributed by atoms with van der Waals surface area (Å²) < 4.78 is 0. The Kier molecular flexibility index (Phi) is 4.01. The van der Waals surface area contributed by atoms with E-state index in [2.05, 4.69) is 15.5 Å². The Morgan fingerprint density at radius 2 is 1.93 bits per heavy atom. The van der Waals surface area contributed by atoms with Crippen LogP contribution in [0.2, 0.25) is 0 Å². The summed E-state index contributed by atoms with van der Waals surface area (Å²) >= 11 is 0. The van der Waals surface area contributed by atoms with Crippen LogP contribution in [0.1, 0.15) is 46.7 Å². The van der Waals surface area contributed by atoms with Gasteiger partial charge in [0.15, 0.2) is 0 Å². The first kappa shape index (κ1) is 17.7. The molecule has 2 atom stereocenters. The van der Waals surface area contributed by atoms with Gasteiger partial charge in [-0.05, 0) is 36.1 Å². The van der Waals surface area contributed by atoms with Crippen molar-refractivity contribution in [1.29, 1.82) is 0 Å². The van der Waals surface area contributed by atoms with E-state index in [1.54, 1.807) is 6.07 Å². The van der Waals surface area contributed by atoms with Gasteiger partial charge in [-0.1, -0.05) is 55.5 Å². The van der Waals surface area contributed by atoms with E-state index in [9.17, 15) is 9.59 Å². The molecule has 0 saturated carbocycles. The molecule has 6 heteroatoms. The van der Waals surface area contributed by atoms with Crippen molar-refractivity contribution >= 4 is 17.5 Å². The van der Waals surface area contributed by atoms with E-state index in [1.165, 1.54) is 0 Å². The molecule has 2 aliphatic heterocycles. The number of carbonyl (C=O) groups excluding carboxylic acids is 2. The number of amides is 2. The number of hydrogen-bond donors (Lipinski definition) is 2. The van der Waals surface area contributed by atoms with Crippen molar-refractivity contribution < 1.29 is 9.59 Å². The van der Waals surface area contributed by atoms with Crippen LogP contribution in [0, 0.1) is 0 Å². The first-order chi connectivity index (χ1) is 14.1. The number of para-hydroxylation sites is 1. The molecular formula is C23H22N4O2. The van der Waals surface area contributed by atoms with Crippen LogP contribution in [-0.4, -0.2) is 33.5 Å². The average Bonchev–Trinajstić information content (AvgIpc) is 3.46. The Bertz CT molecular complexity index is 1090. The van der Waals surface area contributed by atoms with Crippen LogP contribution in [0.4, 0.5) is 5.69 Å². The van der Waals surface area contributed by atoms with Crippen molar-refractivity contribution in [3.8, 4) is 0 Å². The van der Waals surface area contributed by atoms with Crippen molar-refractivity contribution in [2.75, 3.05) is 11.9 Å². The third-order valence-corrected chi connectivity index (χ3v) is 6.19. The number of hydrogen-bond acceptors (Lipinski definition) is 3. The first-order valence-electron chi connectivity index (χ1n) is 9.96. The second-order valence-electron chi connectivity index (χ2n) is 7.66. The zero-order valence-electron chi connectivity index (χ0n) is 16.2. The summed E-state index contributed by atoms with van der Waals surface area (Å²) in [7, 11) is 0. The van der Waals surface area contributed by atoms with Crippen LogP contribution in [0.25, 0.3) is 0 Å². The molecule has 3 heterocycles. The number of carbonyl (C=O) groups is 2. The van der Waals surface area contributed by atoms with Crippen LogP contribution in [-0.2, 0) is 16.6 Å². The van der Waals surface area contributed by atoms with Gasteiger partial charge in [-0.15, -0.1) is 0 Å². The third kappa shape index (κ3) is 2.52. The predicted octanol–water partition coefficient (Wildman–Crippen LogP) is 3.45. The van der Waals surface area contributed by atoms with E-state index in [0.717, 1.165) is 28.9 Å². The Morgan fingerprint density at radius 3 is 2.69 bits per heavy atom. The molecule has 2 aromatic carbocycles. The van der Waals surface area contributed by atoms with E-state index in [1.807, 2.05) is 66.4 Å². The monoisotopic (exact) mass is 386 g/mol. The molecule has 2 amide bonds. The number of aromatic amines is 1. The fourth-order valence-corrected chi connectivity index (χ4v) is 4.80. The number of aromatic nitrogens is 2. The fraction of sp³-hybridized carbons (Fsp3) is 0.261. The summed E-state index contributed by atoms with van der Waals surface area (Å²) in [6, 6.07) is 19.1. The number of benzene rings is 2. The maximum Gasteiger partial charge on any atom is 0.274 e. The topological polar surface area (TPSA) is 78.1 Å². The van der Waals surface area contributed by atoms with Crippen LogP contribution < -0.4 is 5.32 Å². The van der Waals surface area contributed by atoms with Crippen molar-refractivity contribution in [1.82, 2.24) is 15.1 Å². The molecule has 2 unspecified atom stereocenters. The van der Waals surface area contributed by atoms with E-state index >= 15 is 0 Å². The Morgan fingerprint density at radius 1 is 1.17 bits per heavy atom. The lowest BCUT2D eigenvalue weighted by molar-refractivity contribution is -0.121. The fourth-order valence-electron chi connectivity index (χ4n) is 4.80. The lowest BCUT2D eigenvalue weighted by Crippen LogP contribution is -2.42. The lowest BCUT2D eigenvalue weighted by atomic mass is 9.72. The Balaban J connectivity index is 1.64. The summed E-state index contributed by atoms with van der Waals surface area (Å²) in [5, 5.41) is 10.2. The molecule has 6 nitrogen and oxygen atoms in total. The molecule has 1 aromatic heterocycles. The molecule has 2 aliphatic rings. The number of rotatable bonds is 3. The van der Waals surface area contributed by atoms with Crippen LogP contribution in [0.15, 0.2) is 60.7 Å². The first-order valence-corrected chi connectivity index (χ1v) is 9.96. The van der Waals surface area contributed by atoms with Gasteiger partial charge in [-0.25, -0.2) is 0 Å². The van der Waals surface area contributed by atoms with Crippen LogP contribution in [0.3, 0.4) is 0 Å². The largest absolute Gasteiger partial charge is 0.329 e. The quantitative estimate of drug-likeness (QED) is 0.724. The maximum atomic E-state index is 13.4. The molecule has 29 heavy (non-hydrogen) atoms. The molecular weight excluding hydrogens is 364 g/mol. The number of likely N-dealkylation sites (tertiary alicyclic amines) is 1. The number of nitrogens with one attached hydrogen (secondary N) is 2. The van der Waals surface area contributed by atoms with Crippen LogP contribution in [0.5, 0.6) is 0 Å². The minimum Gasteiger partial charge on any atom is -0.329 e. The van der Waals surface area contributed by atoms with E-state index in [4.69, 9.17) is 0 Å². The minimum atomic E-state index is -0.794. The van der Waals surface area contributed by atoms with Gasteiger partial charge in [0.2, 0.25) is 5.91 Å². The van der Waals surface area contributed by atoms with Crippen molar-refractivity contribution in [3.63, 3.8) is 0 Å². The van der Waals surface area contributed by atoms with Crippen molar-refractivity contribution in [3.05, 3.63) is 83.2 Å². The van der Waals surface area contributed by atoms with Crippen molar-refractivity contribution in [2.24, 2.45) is 0 Å². The van der Waals surface area contributed by atoms with Gasteiger partial charge < -0.3 is 10.2 Å². The highest BCUT2D eigenvalue weighted by molar-refractivity contribution is 6.08. The maximum absolute atomic E-state index is 13.4. The molecule has 1 spiro atoms. The second-order valence-corrected chi connectivity index (χ2v) is 7.66. The standard InChI is InChI=1S/C23H22N4O2/c1-2-16-14-19(26-25-16)21(28)27-13-12-23(20(27)15-8-4-3-5-9-15)17-10-6-7-11-18(17)24-22(23)29/h3-11,14,20H,2,12-13H2,1H3,(H,24,29)(H,25,26). The lowest BCUT2D eigenvalue weighted by Gasteiger charge is -2.34. The van der Waals surface area contributed by atoms with Gasteiger partial charge in [-0.2, -0.15) is 5.10 Å². The highest BCUT2D eigenvalue weighted by Crippen LogP contribution is 2.54. The second kappa shape index (κ2) is 6.58. The SMILES string of the molecule is CCc1cc(C(=O)N2CCC3(C(=O)Nc4ccccc43)C2c2ccccc2)n[nH]1. The van der Waals surface area contributed by atoms with Gasteiger partial charge in [0.25, 0.3) is 5.91 Å². The zero-order valence-corrected chi connectivity index (χ0v) is 16.2. The smallest absolute Gasteiger partial charge is 0.274 e. The van der Waals surface area contributed by atoms with Gasteiger partial charge >= 0.3 is 0 Å². The third-order valence-electron chi connectivity index (χ3n) is 6.19. The molecule has 0 radical (unpaired) electrons. The predicted molar refractivity (Wildman–Crippen MR) is 110 cm³/mol. The highest BCUT2D eigenvalue weighted by Gasteiger charge is 2.59. The average molecular weight is 386 g/mol. The molecule has 3 aromatic rings. The number of H-pyrrole nitrogens is 1. The Labute approximate surface area is 168 Å². The van der Waals surface area contributed by atoms with Gasteiger partial charge in [0.1, 0.15) is 11.1 Å². The van der Waals surface area contributed by atoms with Gasteiger partial charge in [-0.3, -0.25) is 14.7 Å². The van der Waals surface area contributed by atoms with E-state index < -0.39 is 5.41 Å². The summed E-state index contributed by atoms with van der Waals surface area (Å²) in [4.78, 5) is 28.6. The Hall–Kier alpha value is -3.41. The minimum absolute atomic E-state index is 0.0425. The zero-order chi connectivity index (χ0) is 20.0. The summed E-state index contributed by atoms with van der Waals surface area (Å²) in [6.45, 7) is 2.51. The molecule has 0 bridgehead atoms. The molecule has 0 aliphatic carbocycles. The molecule has 1 saturated heterocycles.